The van der Waals surface area contributed by atoms with E-state index >= 15 is 0 Å². The van der Waals surface area contributed by atoms with Crippen LogP contribution in [0.2, 0.25) is 0 Å². The second-order valence-corrected chi connectivity index (χ2v) is 5.04. The molecule has 0 aromatic heterocycles. The highest BCUT2D eigenvalue weighted by Gasteiger charge is 2.37. The van der Waals surface area contributed by atoms with Crippen LogP contribution >= 0.6 is 0 Å². The van der Waals surface area contributed by atoms with Crippen molar-refractivity contribution in [3.63, 3.8) is 0 Å². The summed E-state index contributed by atoms with van der Waals surface area (Å²) in [6.07, 6.45) is -4.88. The van der Waals surface area contributed by atoms with Gasteiger partial charge in [0, 0.05) is 0 Å². The number of amides is 1. The van der Waals surface area contributed by atoms with E-state index in [1.807, 2.05) is 13.8 Å². The minimum Gasteiger partial charge on any atom is -0.486 e. The summed E-state index contributed by atoms with van der Waals surface area (Å²) >= 11 is 0. The number of hydrogen-bond donors (Lipinski definition) is 2. The van der Waals surface area contributed by atoms with Crippen LogP contribution < -0.4 is 15.8 Å². The van der Waals surface area contributed by atoms with Gasteiger partial charge in [0.15, 0.2) is 0 Å². The van der Waals surface area contributed by atoms with Crippen molar-refractivity contribution in [2.75, 3.05) is 11.9 Å². The number of rotatable bonds is 2. The molecule has 1 amide bonds. The Morgan fingerprint density at radius 1 is 1.45 bits per heavy atom. The van der Waals surface area contributed by atoms with E-state index in [-0.39, 0.29) is 17.8 Å². The van der Waals surface area contributed by atoms with Crippen molar-refractivity contribution < 1.29 is 22.7 Å². The molecule has 2 rings (SSSR count). The number of nitrogens with two attached hydrogens (primary N) is 1. The molecule has 20 heavy (non-hydrogen) atoms. The number of benzene rings is 1. The lowest BCUT2D eigenvalue weighted by atomic mass is 10.0. The molecule has 0 radical (unpaired) electrons. The van der Waals surface area contributed by atoms with Gasteiger partial charge in [-0.15, -0.1) is 0 Å². The third-order valence-electron chi connectivity index (χ3n) is 3.21. The number of nitrogens with one attached hydrogen (secondary N) is 1. The Morgan fingerprint density at radius 2 is 2.10 bits per heavy atom. The molecule has 0 saturated carbocycles. The number of primary amides is 1. The minimum absolute atomic E-state index is 0.0901. The fraction of sp³-hybridized carbons (Fsp3) is 0.462. The highest BCUT2D eigenvalue weighted by molar-refractivity contribution is 5.96. The second kappa shape index (κ2) is 4.88. The number of anilines is 1. The van der Waals surface area contributed by atoms with E-state index in [1.54, 1.807) is 0 Å². The Bertz CT molecular complexity index is 541. The molecule has 1 aliphatic rings. The van der Waals surface area contributed by atoms with Gasteiger partial charge in [0.25, 0.3) is 0 Å². The van der Waals surface area contributed by atoms with Crippen molar-refractivity contribution in [3.05, 3.63) is 23.3 Å². The zero-order valence-electron chi connectivity index (χ0n) is 11.0. The molecule has 0 bridgehead atoms. The van der Waals surface area contributed by atoms with E-state index in [1.165, 1.54) is 0 Å². The zero-order valence-corrected chi connectivity index (χ0v) is 11.0. The van der Waals surface area contributed by atoms with Gasteiger partial charge in [0.2, 0.25) is 5.91 Å². The van der Waals surface area contributed by atoms with Crippen LogP contribution in [0.15, 0.2) is 12.1 Å². The lowest BCUT2D eigenvalue weighted by molar-refractivity contribution is -0.138. The molecule has 4 nitrogen and oxygen atoms in total. The number of alkyl halides is 3. The van der Waals surface area contributed by atoms with Gasteiger partial charge in [-0.1, -0.05) is 13.8 Å². The van der Waals surface area contributed by atoms with Crippen LogP contribution in [0.5, 0.6) is 5.75 Å². The van der Waals surface area contributed by atoms with Gasteiger partial charge >= 0.3 is 6.18 Å². The topological polar surface area (TPSA) is 64.3 Å². The normalized spacial score (nSPS) is 18.2. The average molecular weight is 288 g/mol. The Kier molecular flexibility index (Phi) is 3.54. The zero-order chi connectivity index (χ0) is 15.1. The lowest BCUT2D eigenvalue weighted by Crippen LogP contribution is -2.35. The van der Waals surface area contributed by atoms with Gasteiger partial charge in [-0.05, 0) is 18.1 Å². The summed E-state index contributed by atoms with van der Waals surface area (Å²) in [6, 6.07) is 1.92. The Morgan fingerprint density at radius 3 is 2.60 bits per heavy atom. The Hall–Kier alpha value is -1.92. The van der Waals surface area contributed by atoms with Gasteiger partial charge in [0.05, 0.1) is 23.4 Å². The van der Waals surface area contributed by atoms with Crippen LogP contribution in [-0.4, -0.2) is 18.6 Å². The number of fused-ring (bicyclic) bond motifs is 1. The molecule has 1 heterocycles. The van der Waals surface area contributed by atoms with E-state index in [9.17, 15) is 18.0 Å². The van der Waals surface area contributed by atoms with Crippen LogP contribution in [0.1, 0.15) is 29.8 Å². The first-order valence-electron chi connectivity index (χ1n) is 6.15. The largest absolute Gasteiger partial charge is 0.486 e. The molecular formula is C13H15F3N2O2. The number of carbonyl (C=O) groups is 1. The molecule has 1 atom stereocenters. The molecule has 1 aliphatic heterocycles. The molecule has 1 aromatic carbocycles. The monoisotopic (exact) mass is 288 g/mol. The van der Waals surface area contributed by atoms with E-state index < -0.39 is 23.2 Å². The summed E-state index contributed by atoms with van der Waals surface area (Å²) in [7, 11) is 0. The molecule has 3 N–H and O–H groups in total. The first-order valence-corrected chi connectivity index (χ1v) is 6.15. The van der Waals surface area contributed by atoms with E-state index in [2.05, 4.69) is 5.32 Å². The van der Waals surface area contributed by atoms with Gasteiger partial charge in [0.1, 0.15) is 11.9 Å². The quantitative estimate of drug-likeness (QED) is 0.879. The summed E-state index contributed by atoms with van der Waals surface area (Å²) in [5.41, 5.74) is 3.73. The molecule has 0 aliphatic carbocycles. The summed E-state index contributed by atoms with van der Waals surface area (Å²) in [5, 5.41) is 2.97. The number of carbonyl (C=O) groups excluding carboxylic acids is 1. The molecule has 0 spiro atoms. The first kappa shape index (κ1) is 14.5. The highest BCUT2D eigenvalue weighted by Crippen LogP contribution is 2.40. The predicted molar refractivity (Wildman–Crippen MR) is 67.7 cm³/mol. The maximum absolute atomic E-state index is 13.0. The lowest BCUT2D eigenvalue weighted by Gasteiger charge is -2.30. The number of ether oxygens (including phenoxy) is 1. The molecule has 1 unspecified atom stereocenters. The first-order chi connectivity index (χ1) is 9.20. The van der Waals surface area contributed by atoms with Crippen molar-refractivity contribution in [2.24, 2.45) is 11.7 Å². The molecule has 7 heteroatoms. The van der Waals surface area contributed by atoms with E-state index in [0.29, 0.717) is 12.2 Å². The average Bonchev–Trinajstić information content (AvgIpc) is 2.35. The second-order valence-electron chi connectivity index (χ2n) is 5.04. The van der Waals surface area contributed by atoms with Crippen molar-refractivity contribution in [2.45, 2.75) is 26.1 Å². The summed E-state index contributed by atoms with van der Waals surface area (Å²) < 4.78 is 44.4. The van der Waals surface area contributed by atoms with Crippen LogP contribution in [0, 0.1) is 5.92 Å². The van der Waals surface area contributed by atoms with Crippen molar-refractivity contribution in [3.8, 4) is 5.75 Å². The molecule has 110 valence electrons. The molecule has 0 fully saturated rings. The number of halogens is 3. The van der Waals surface area contributed by atoms with Crippen LogP contribution in [0.3, 0.4) is 0 Å². The summed E-state index contributed by atoms with van der Waals surface area (Å²) in [6.45, 7) is 4.30. The van der Waals surface area contributed by atoms with Gasteiger partial charge < -0.3 is 15.8 Å². The van der Waals surface area contributed by atoms with Crippen LogP contribution in [0.4, 0.5) is 18.9 Å². The van der Waals surface area contributed by atoms with Crippen molar-refractivity contribution >= 4 is 11.6 Å². The minimum atomic E-state index is -4.66. The fourth-order valence-corrected chi connectivity index (χ4v) is 2.04. The Labute approximate surface area is 114 Å². The fourth-order valence-electron chi connectivity index (χ4n) is 2.04. The maximum Gasteiger partial charge on any atom is 0.417 e. The number of hydrogen-bond acceptors (Lipinski definition) is 3. The van der Waals surface area contributed by atoms with Crippen molar-refractivity contribution in [1.82, 2.24) is 0 Å². The van der Waals surface area contributed by atoms with Gasteiger partial charge in [-0.25, -0.2) is 0 Å². The van der Waals surface area contributed by atoms with Crippen LogP contribution in [0.25, 0.3) is 0 Å². The molecular weight excluding hydrogens is 273 g/mol. The SMILES string of the molecule is CC(C)C1CNc2cc(C(N)=O)c(C(F)(F)F)cc2O1. The van der Waals surface area contributed by atoms with Crippen LogP contribution in [-0.2, 0) is 6.18 Å². The van der Waals surface area contributed by atoms with E-state index in [4.69, 9.17) is 10.5 Å². The highest BCUT2D eigenvalue weighted by atomic mass is 19.4. The van der Waals surface area contributed by atoms with E-state index in [0.717, 1.165) is 12.1 Å². The third-order valence-corrected chi connectivity index (χ3v) is 3.21. The third kappa shape index (κ3) is 2.66. The standard InChI is InChI=1S/C13H15F3N2O2/c1-6(2)11-5-18-9-3-7(12(17)19)8(13(14,15)16)4-10(9)20-11/h3-4,6,11,18H,5H2,1-2H3,(H2,17,19). The maximum atomic E-state index is 13.0. The van der Waals surface area contributed by atoms with Gasteiger partial charge in [-0.2, -0.15) is 13.2 Å². The Balaban J connectivity index is 2.50. The summed E-state index contributed by atoms with van der Waals surface area (Å²) in [5.74, 6) is -0.874. The summed E-state index contributed by atoms with van der Waals surface area (Å²) in [4.78, 5) is 11.2. The molecule has 0 saturated heterocycles. The van der Waals surface area contributed by atoms with Gasteiger partial charge in [-0.3, -0.25) is 4.79 Å². The molecule has 1 aromatic rings. The predicted octanol–water partition coefficient (Wildman–Crippen LogP) is 2.63. The smallest absolute Gasteiger partial charge is 0.417 e. The van der Waals surface area contributed by atoms with Crippen molar-refractivity contribution in [1.29, 1.82) is 0 Å².